The van der Waals surface area contributed by atoms with Gasteiger partial charge in [0.15, 0.2) is 11.5 Å². The van der Waals surface area contributed by atoms with Crippen molar-refractivity contribution in [2.45, 2.75) is 13.3 Å². The fourth-order valence-electron chi connectivity index (χ4n) is 2.58. The minimum atomic E-state index is -0.155. The zero-order valence-corrected chi connectivity index (χ0v) is 14.5. The summed E-state index contributed by atoms with van der Waals surface area (Å²) in [6.45, 7) is 3.02. The minimum Gasteiger partial charge on any atom is -0.486 e. The first-order chi connectivity index (χ1) is 12.6. The number of hydrogen-bond donors (Lipinski definition) is 3. The molecule has 0 unspecified atom stereocenters. The predicted octanol–water partition coefficient (Wildman–Crippen LogP) is 2.86. The van der Waals surface area contributed by atoms with Crippen LogP contribution in [0.4, 0.5) is 17.1 Å². The second kappa shape index (κ2) is 8.24. The van der Waals surface area contributed by atoms with Gasteiger partial charge in [-0.1, -0.05) is 6.07 Å². The van der Waals surface area contributed by atoms with Crippen LogP contribution >= 0.6 is 0 Å². The summed E-state index contributed by atoms with van der Waals surface area (Å²) in [6, 6.07) is 12.6. The summed E-state index contributed by atoms with van der Waals surface area (Å²) in [4.78, 5) is 23.2. The monoisotopic (exact) mass is 355 g/mol. The lowest BCUT2D eigenvalue weighted by Gasteiger charge is -2.19. The van der Waals surface area contributed by atoms with E-state index < -0.39 is 0 Å². The predicted molar refractivity (Wildman–Crippen MR) is 99.9 cm³/mol. The van der Waals surface area contributed by atoms with Crippen LogP contribution in [0.2, 0.25) is 0 Å². The van der Waals surface area contributed by atoms with Crippen LogP contribution in [-0.4, -0.2) is 31.6 Å². The van der Waals surface area contributed by atoms with Crippen LogP contribution in [-0.2, 0) is 9.59 Å². The van der Waals surface area contributed by atoms with Crippen LogP contribution in [0, 0.1) is 0 Å². The number of hydrogen-bond acceptors (Lipinski definition) is 5. The molecule has 7 heteroatoms. The Morgan fingerprint density at radius 1 is 0.923 bits per heavy atom. The molecule has 1 heterocycles. The standard InChI is InChI=1S/C19H21N3O4/c1-13(23)21-15-3-2-4-16(11-15)22-19(24)7-8-20-14-5-6-17-18(12-14)26-10-9-25-17/h2-6,11-12,20H,7-10H2,1H3,(H,21,23)(H,22,24). The molecule has 0 saturated heterocycles. The number of fused-ring (bicyclic) bond motifs is 1. The van der Waals surface area contributed by atoms with Crippen molar-refractivity contribution in [2.24, 2.45) is 0 Å². The fourth-order valence-corrected chi connectivity index (χ4v) is 2.58. The molecule has 2 aromatic carbocycles. The van der Waals surface area contributed by atoms with Crippen molar-refractivity contribution in [3.8, 4) is 11.5 Å². The molecule has 0 atom stereocenters. The van der Waals surface area contributed by atoms with Gasteiger partial charge in [-0.2, -0.15) is 0 Å². The average Bonchev–Trinajstić information content (AvgIpc) is 2.61. The molecule has 2 amide bonds. The molecule has 2 aromatic rings. The molecule has 7 nitrogen and oxygen atoms in total. The summed E-state index contributed by atoms with van der Waals surface area (Å²) in [7, 11) is 0. The zero-order chi connectivity index (χ0) is 18.4. The van der Waals surface area contributed by atoms with Gasteiger partial charge in [-0.15, -0.1) is 0 Å². The fraction of sp³-hybridized carbons (Fsp3) is 0.263. The summed E-state index contributed by atoms with van der Waals surface area (Å²) in [5, 5.41) is 8.70. The highest BCUT2D eigenvalue weighted by atomic mass is 16.6. The molecule has 1 aliphatic rings. The van der Waals surface area contributed by atoms with Gasteiger partial charge in [0.05, 0.1) is 0 Å². The van der Waals surface area contributed by atoms with Crippen LogP contribution in [0.5, 0.6) is 11.5 Å². The molecule has 0 fully saturated rings. The molecule has 0 spiro atoms. The van der Waals surface area contributed by atoms with E-state index in [4.69, 9.17) is 9.47 Å². The lowest BCUT2D eigenvalue weighted by atomic mass is 10.2. The third-order valence-corrected chi connectivity index (χ3v) is 3.69. The van der Waals surface area contributed by atoms with Gasteiger partial charge in [-0.3, -0.25) is 9.59 Å². The molecular formula is C19H21N3O4. The molecule has 0 bridgehead atoms. The Kier molecular flexibility index (Phi) is 5.58. The number of ether oxygens (including phenoxy) is 2. The minimum absolute atomic E-state index is 0.116. The average molecular weight is 355 g/mol. The van der Waals surface area contributed by atoms with E-state index in [0.29, 0.717) is 43.3 Å². The van der Waals surface area contributed by atoms with E-state index in [1.54, 1.807) is 24.3 Å². The molecule has 0 aliphatic carbocycles. The van der Waals surface area contributed by atoms with Crippen molar-refractivity contribution in [1.29, 1.82) is 0 Å². The lowest BCUT2D eigenvalue weighted by molar-refractivity contribution is -0.116. The van der Waals surface area contributed by atoms with Crippen LogP contribution in [0.15, 0.2) is 42.5 Å². The molecule has 26 heavy (non-hydrogen) atoms. The number of nitrogens with one attached hydrogen (secondary N) is 3. The van der Waals surface area contributed by atoms with Crippen molar-refractivity contribution >= 4 is 28.9 Å². The molecule has 0 radical (unpaired) electrons. The zero-order valence-electron chi connectivity index (χ0n) is 14.5. The highest BCUT2D eigenvalue weighted by Gasteiger charge is 2.11. The molecule has 1 aliphatic heterocycles. The molecule has 0 saturated carbocycles. The van der Waals surface area contributed by atoms with E-state index in [0.717, 1.165) is 11.4 Å². The highest BCUT2D eigenvalue weighted by Crippen LogP contribution is 2.32. The van der Waals surface area contributed by atoms with Gasteiger partial charge >= 0.3 is 0 Å². The van der Waals surface area contributed by atoms with E-state index in [1.165, 1.54) is 6.92 Å². The largest absolute Gasteiger partial charge is 0.486 e. The van der Waals surface area contributed by atoms with E-state index in [2.05, 4.69) is 16.0 Å². The molecular weight excluding hydrogens is 334 g/mol. The first-order valence-electron chi connectivity index (χ1n) is 8.41. The highest BCUT2D eigenvalue weighted by molar-refractivity contribution is 5.93. The Bertz CT molecular complexity index is 807. The van der Waals surface area contributed by atoms with E-state index in [9.17, 15) is 9.59 Å². The number of carbonyl (C=O) groups excluding carboxylic acids is 2. The van der Waals surface area contributed by atoms with Crippen LogP contribution in [0.25, 0.3) is 0 Å². The number of rotatable bonds is 6. The number of anilines is 3. The molecule has 3 rings (SSSR count). The van der Waals surface area contributed by atoms with Crippen molar-refractivity contribution in [2.75, 3.05) is 35.7 Å². The lowest BCUT2D eigenvalue weighted by Crippen LogP contribution is -2.17. The van der Waals surface area contributed by atoms with E-state index in [1.807, 2.05) is 18.2 Å². The molecule has 0 aromatic heterocycles. The van der Waals surface area contributed by atoms with Gasteiger partial charge in [-0.25, -0.2) is 0 Å². The Morgan fingerprint density at radius 2 is 1.65 bits per heavy atom. The molecule has 3 N–H and O–H groups in total. The Hall–Kier alpha value is -3.22. The number of amides is 2. The first-order valence-corrected chi connectivity index (χ1v) is 8.41. The maximum absolute atomic E-state index is 12.1. The summed E-state index contributed by atoms with van der Waals surface area (Å²) in [5.74, 6) is 1.17. The summed E-state index contributed by atoms with van der Waals surface area (Å²) < 4.78 is 11.0. The van der Waals surface area contributed by atoms with Gasteiger partial charge in [0.25, 0.3) is 0 Å². The summed E-state index contributed by atoms with van der Waals surface area (Å²) in [5.41, 5.74) is 2.15. The van der Waals surface area contributed by atoms with Gasteiger partial charge in [-0.05, 0) is 30.3 Å². The maximum Gasteiger partial charge on any atom is 0.226 e. The second-order valence-electron chi connectivity index (χ2n) is 5.85. The van der Waals surface area contributed by atoms with Crippen LogP contribution < -0.4 is 25.4 Å². The van der Waals surface area contributed by atoms with E-state index in [-0.39, 0.29) is 11.8 Å². The topological polar surface area (TPSA) is 88.7 Å². The van der Waals surface area contributed by atoms with Crippen molar-refractivity contribution in [3.63, 3.8) is 0 Å². The Balaban J connectivity index is 1.48. The van der Waals surface area contributed by atoms with Crippen LogP contribution in [0.1, 0.15) is 13.3 Å². The normalized spacial score (nSPS) is 12.2. The Labute approximate surface area is 151 Å². The van der Waals surface area contributed by atoms with Crippen molar-refractivity contribution < 1.29 is 19.1 Å². The number of benzene rings is 2. The second-order valence-corrected chi connectivity index (χ2v) is 5.85. The first kappa shape index (κ1) is 17.6. The van der Waals surface area contributed by atoms with Crippen molar-refractivity contribution in [1.82, 2.24) is 0 Å². The third-order valence-electron chi connectivity index (χ3n) is 3.69. The van der Waals surface area contributed by atoms with Gasteiger partial charge < -0.3 is 25.4 Å². The SMILES string of the molecule is CC(=O)Nc1cccc(NC(=O)CCNc2ccc3c(c2)OCCO3)c1. The number of carbonyl (C=O) groups is 2. The van der Waals surface area contributed by atoms with Crippen LogP contribution in [0.3, 0.4) is 0 Å². The van der Waals surface area contributed by atoms with E-state index >= 15 is 0 Å². The van der Waals surface area contributed by atoms with Gasteiger partial charge in [0.1, 0.15) is 13.2 Å². The maximum atomic E-state index is 12.1. The quantitative estimate of drug-likeness (QED) is 0.741. The third kappa shape index (κ3) is 4.89. The summed E-state index contributed by atoms with van der Waals surface area (Å²) in [6.07, 6.45) is 0.304. The smallest absolute Gasteiger partial charge is 0.226 e. The molecule has 136 valence electrons. The van der Waals surface area contributed by atoms with Gasteiger partial charge in [0, 0.05) is 43.0 Å². The van der Waals surface area contributed by atoms with Crippen molar-refractivity contribution in [3.05, 3.63) is 42.5 Å². The van der Waals surface area contributed by atoms with Gasteiger partial charge in [0.2, 0.25) is 11.8 Å². The Morgan fingerprint density at radius 3 is 2.42 bits per heavy atom. The summed E-state index contributed by atoms with van der Waals surface area (Å²) >= 11 is 0.